The third-order valence-electron chi connectivity index (χ3n) is 2.75. The molecular weight excluding hydrogens is 284 g/mol. The Morgan fingerprint density at radius 2 is 1.76 bits per heavy atom. The summed E-state index contributed by atoms with van der Waals surface area (Å²) in [4.78, 5) is 16.6. The van der Waals surface area contributed by atoms with E-state index in [1.807, 2.05) is 20.8 Å². The molecule has 0 aliphatic heterocycles. The predicted octanol–water partition coefficient (Wildman–Crippen LogP) is 2.70. The fraction of sp³-hybridized carbons (Fsp3) is 0.417. The van der Waals surface area contributed by atoms with Gasteiger partial charge in [0.1, 0.15) is 0 Å². The van der Waals surface area contributed by atoms with Gasteiger partial charge >= 0.3 is 5.69 Å². The van der Waals surface area contributed by atoms with Gasteiger partial charge in [0.15, 0.2) is 0 Å². The Bertz CT molecular complexity index is 607. The van der Waals surface area contributed by atoms with Crippen LogP contribution in [0.5, 0.6) is 0 Å². The number of aromatic amines is 2. The summed E-state index contributed by atoms with van der Waals surface area (Å²) >= 11 is 3.42. The fourth-order valence-corrected chi connectivity index (χ4v) is 2.31. The number of aliphatic hydroxyl groups excluding tert-OH is 1. The second-order valence-corrected chi connectivity index (χ2v) is 6.12. The molecular formula is C12H15BrN2O2. The molecule has 1 aromatic carbocycles. The molecule has 0 aliphatic rings. The van der Waals surface area contributed by atoms with Crippen molar-refractivity contribution in [3.05, 3.63) is 32.7 Å². The van der Waals surface area contributed by atoms with E-state index >= 15 is 0 Å². The first-order valence-electron chi connectivity index (χ1n) is 5.38. The van der Waals surface area contributed by atoms with Crippen molar-refractivity contribution >= 4 is 27.0 Å². The molecule has 0 saturated carbocycles. The van der Waals surface area contributed by atoms with Crippen molar-refractivity contribution in [1.29, 1.82) is 0 Å². The highest BCUT2D eigenvalue weighted by Crippen LogP contribution is 2.37. The van der Waals surface area contributed by atoms with Crippen LogP contribution in [0.2, 0.25) is 0 Å². The molecule has 5 heteroatoms. The molecule has 92 valence electrons. The van der Waals surface area contributed by atoms with E-state index in [-0.39, 0.29) is 11.1 Å². The lowest BCUT2D eigenvalue weighted by Crippen LogP contribution is -2.18. The number of nitrogens with one attached hydrogen (secondary N) is 2. The van der Waals surface area contributed by atoms with Crippen molar-refractivity contribution in [1.82, 2.24) is 9.97 Å². The minimum absolute atomic E-state index is 0.241. The molecule has 2 rings (SSSR count). The second-order valence-electron chi connectivity index (χ2n) is 5.27. The van der Waals surface area contributed by atoms with Crippen molar-refractivity contribution in [2.24, 2.45) is 5.41 Å². The molecule has 1 heterocycles. The van der Waals surface area contributed by atoms with Gasteiger partial charge in [-0.15, -0.1) is 0 Å². The van der Waals surface area contributed by atoms with E-state index in [9.17, 15) is 9.90 Å². The van der Waals surface area contributed by atoms with Gasteiger partial charge in [0.25, 0.3) is 0 Å². The quantitative estimate of drug-likeness (QED) is 0.758. The summed E-state index contributed by atoms with van der Waals surface area (Å²) in [6, 6.07) is 3.60. The average Bonchev–Trinajstić information content (AvgIpc) is 2.53. The Kier molecular flexibility index (Phi) is 2.91. The smallest absolute Gasteiger partial charge is 0.323 e. The van der Waals surface area contributed by atoms with Crippen LogP contribution in [0.1, 0.15) is 32.4 Å². The summed E-state index contributed by atoms with van der Waals surface area (Å²) in [6.45, 7) is 5.90. The van der Waals surface area contributed by atoms with Crippen LogP contribution in [0.25, 0.3) is 11.0 Å². The van der Waals surface area contributed by atoms with E-state index in [0.717, 1.165) is 15.6 Å². The van der Waals surface area contributed by atoms with Gasteiger partial charge in [-0.1, -0.05) is 36.7 Å². The summed E-state index contributed by atoms with van der Waals surface area (Å²) in [5.74, 6) is 0. The SMILES string of the molecule is CC(C)(C)C(O)c1cc2[nH]c(=O)[nH]c2cc1Br. The maximum absolute atomic E-state index is 11.2. The van der Waals surface area contributed by atoms with Crippen LogP contribution in [0.4, 0.5) is 0 Å². The summed E-state index contributed by atoms with van der Waals surface area (Å²) in [5.41, 5.74) is 1.71. The van der Waals surface area contributed by atoms with Gasteiger partial charge in [-0.05, 0) is 23.1 Å². The van der Waals surface area contributed by atoms with Gasteiger partial charge < -0.3 is 15.1 Å². The third kappa shape index (κ3) is 2.30. The zero-order valence-corrected chi connectivity index (χ0v) is 11.6. The number of halogens is 1. The standard InChI is InChI=1S/C12H15BrN2O2/c1-12(2,3)10(16)6-4-8-9(5-7(6)13)15-11(17)14-8/h4-5,10,16H,1-3H3,(H2,14,15,17). The van der Waals surface area contributed by atoms with Gasteiger partial charge in [-0.25, -0.2) is 4.79 Å². The Morgan fingerprint density at radius 1 is 1.24 bits per heavy atom. The molecule has 3 N–H and O–H groups in total. The zero-order valence-electron chi connectivity index (χ0n) is 9.97. The molecule has 1 unspecified atom stereocenters. The molecule has 0 fully saturated rings. The fourth-order valence-electron chi connectivity index (χ4n) is 1.75. The molecule has 0 saturated heterocycles. The topological polar surface area (TPSA) is 68.9 Å². The number of rotatable bonds is 1. The first kappa shape index (κ1) is 12.4. The van der Waals surface area contributed by atoms with Crippen molar-refractivity contribution in [2.45, 2.75) is 26.9 Å². The number of fused-ring (bicyclic) bond motifs is 1. The normalized spacial score (nSPS) is 14.2. The Labute approximate surface area is 107 Å². The molecule has 17 heavy (non-hydrogen) atoms. The minimum atomic E-state index is -0.598. The lowest BCUT2D eigenvalue weighted by molar-refractivity contribution is 0.0622. The van der Waals surface area contributed by atoms with Crippen LogP contribution in [0.15, 0.2) is 21.4 Å². The lowest BCUT2D eigenvalue weighted by atomic mass is 9.85. The molecule has 0 aliphatic carbocycles. The molecule has 0 radical (unpaired) electrons. The molecule has 4 nitrogen and oxygen atoms in total. The average molecular weight is 299 g/mol. The summed E-state index contributed by atoms with van der Waals surface area (Å²) in [5, 5.41) is 10.3. The van der Waals surface area contributed by atoms with E-state index in [1.54, 1.807) is 12.1 Å². The molecule has 0 bridgehead atoms. The summed E-state index contributed by atoms with van der Waals surface area (Å²) in [6.07, 6.45) is -0.598. The maximum Gasteiger partial charge on any atom is 0.323 e. The lowest BCUT2D eigenvalue weighted by Gasteiger charge is -2.27. The van der Waals surface area contributed by atoms with Crippen molar-refractivity contribution in [3.8, 4) is 0 Å². The van der Waals surface area contributed by atoms with E-state index in [1.165, 1.54) is 0 Å². The van der Waals surface area contributed by atoms with Crippen LogP contribution in [0.3, 0.4) is 0 Å². The van der Waals surface area contributed by atoms with E-state index < -0.39 is 6.10 Å². The second kappa shape index (κ2) is 3.99. The van der Waals surface area contributed by atoms with Crippen LogP contribution in [-0.4, -0.2) is 15.1 Å². The van der Waals surface area contributed by atoms with Gasteiger partial charge in [0, 0.05) is 4.47 Å². The highest BCUT2D eigenvalue weighted by atomic mass is 79.9. The number of hydrogen-bond acceptors (Lipinski definition) is 2. The Hall–Kier alpha value is -1.07. The van der Waals surface area contributed by atoms with E-state index in [2.05, 4.69) is 25.9 Å². The highest BCUT2D eigenvalue weighted by molar-refractivity contribution is 9.10. The number of imidazole rings is 1. The van der Waals surface area contributed by atoms with Crippen LogP contribution < -0.4 is 5.69 Å². The third-order valence-corrected chi connectivity index (χ3v) is 3.43. The summed E-state index contributed by atoms with van der Waals surface area (Å²) in [7, 11) is 0. The van der Waals surface area contributed by atoms with Crippen molar-refractivity contribution in [2.75, 3.05) is 0 Å². The molecule has 1 aromatic heterocycles. The van der Waals surface area contributed by atoms with Gasteiger partial charge in [-0.2, -0.15) is 0 Å². The monoisotopic (exact) mass is 298 g/mol. The largest absolute Gasteiger partial charge is 0.388 e. The van der Waals surface area contributed by atoms with Crippen LogP contribution in [0, 0.1) is 5.41 Å². The number of benzene rings is 1. The van der Waals surface area contributed by atoms with Crippen molar-refractivity contribution < 1.29 is 5.11 Å². The van der Waals surface area contributed by atoms with Crippen molar-refractivity contribution in [3.63, 3.8) is 0 Å². The molecule has 0 spiro atoms. The van der Waals surface area contributed by atoms with Crippen LogP contribution in [-0.2, 0) is 0 Å². The van der Waals surface area contributed by atoms with E-state index in [0.29, 0.717) is 5.52 Å². The first-order chi connectivity index (χ1) is 7.79. The summed E-state index contributed by atoms with van der Waals surface area (Å²) < 4.78 is 0.794. The number of H-pyrrole nitrogens is 2. The number of aromatic nitrogens is 2. The van der Waals surface area contributed by atoms with Crippen LogP contribution >= 0.6 is 15.9 Å². The molecule has 2 aromatic rings. The molecule has 0 amide bonds. The minimum Gasteiger partial charge on any atom is -0.388 e. The maximum atomic E-state index is 11.2. The van der Waals surface area contributed by atoms with Gasteiger partial charge in [-0.3, -0.25) is 0 Å². The van der Waals surface area contributed by atoms with Gasteiger partial charge in [0.2, 0.25) is 0 Å². The number of hydrogen-bond donors (Lipinski definition) is 3. The van der Waals surface area contributed by atoms with E-state index in [4.69, 9.17) is 0 Å². The first-order valence-corrected chi connectivity index (χ1v) is 6.18. The Balaban J connectivity index is 2.61. The van der Waals surface area contributed by atoms with Gasteiger partial charge in [0.05, 0.1) is 17.1 Å². The molecule has 1 atom stereocenters. The Morgan fingerprint density at radius 3 is 2.29 bits per heavy atom. The zero-order chi connectivity index (χ0) is 12.8. The highest BCUT2D eigenvalue weighted by Gasteiger charge is 2.26. The number of aliphatic hydroxyl groups is 1. The predicted molar refractivity (Wildman–Crippen MR) is 71.0 cm³/mol.